The molecule has 2 heteroatoms. The predicted octanol–water partition coefficient (Wildman–Crippen LogP) is 4.48. The zero-order valence-electron chi connectivity index (χ0n) is 14.6. The molecule has 3 N–H and O–H groups in total. The average Bonchev–Trinajstić information content (AvgIpc) is 2.93. The summed E-state index contributed by atoms with van der Waals surface area (Å²) in [6.07, 6.45) is 15.4. The van der Waals surface area contributed by atoms with E-state index in [2.05, 4.69) is 19.2 Å². The summed E-state index contributed by atoms with van der Waals surface area (Å²) in [5.74, 6) is 0.832. The summed E-state index contributed by atoms with van der Waals surface area (Å²) in [6.45, 7) is 8.08. The van der Waals surface area contributed by atoms with Gasteiger partial charge in [0.15, 0.2) is 0 Å². The molecule has 0 aliphatic heterocycles. The summed E-state index contributed by atoms with van der Waals surface area (Å²) >= 11 is 0. The van der Waals surface area contributed by atoms with E-state index in [1.165, 1.54) is 83.7 Å². The summed E-state index contributed by atoms with van der Waals surface area (Å²) < 4.78 is 0. The molecule has 2 saturated carbocycles. The Morgan fingerprint density at radius 3 is 2.05 bits per heavy atom. The number of rotatable bonds is 8. The molecule has 0 heterocycles. The molecule has 0 aromatic rings. The average molecular weight is 295 g/mol. The Morgan fingerprint density at radius 1 is 0.905 bits per heavy atom. The maximum atomic E-state index is 6.11. The van der Waals surface area contributed by atoms with E-state index in [9.17, 15) is 0 Å². The monoisotopic (exact) mass is 294 g/mol. The zero-order chi connectivity index (χ0) is 15.2. The van der Waals surface area contributed by atoms with E-state index in [4.69, 9.17) is 5.73 Å². The normalized spacial score (nSPS) is 24.6. The molecule has 0 radical (unpaired) electrons. The highest BCUT2D eigenvalue weighted by Gasteiger charge is 2.34. The molecule has 21 heavy (non-hydrogen) atoms. The van der Waals surface area contributed by atoms with Gasteiger partial charge in [-0.05, 0) is 68.4 Å². The molecule has 0 saturated heterocycles. The molecule has 2 fully saturated rings. The maximum Gasteiger partial charge on any atom is 0.000791 e. The van der Waals surface area contributed by atoms with Crippen LogP contribution in [0.15, 0.2) is 0 Å². The van der Waals surface area contributed by atoms with Crippen molar-refractivity contribution in [3.05, 3.63) is 0 Å². The van der Waals surface area contributed by atoms with E-state index >= 15 is 0 Å². The van der Waals surface area contributed by atoms with Gasteiger partial charge in [0.25, 0.3) is 0 Å². The van der Waals surface area contributed by atoms with Gasteiger partial charge >= 0.3 is 0 Å². The third-order valence-electron chi connectivity index (χ3n) is 6.18. The minimum absolute atomic E-state index is 0.464. The van der Waals surface area contributed by atoms with Gasteiger partial charge in [-0.1, -0.05) is 46.0 Å². The van der Waals surface area contributed by atoms with E-state index < -0.39 is 0 Å². The third-order valence-corrected chi connectivity index (χ3v) is 6.18. The second kappa shape index (κ2) is 7.97. The minimum Gasteiger partial charge on any atom is -0.330 e. The lowest BCUT2D eigenvalue weighted by Gasteiger charge is -2.37. The molecule has 0 bridgehead atoms. The Balaban J connectivity index is 1.74. The van der Waals surface area contributed by atoms with Crippen LogP contribution in [0.25, 0.3) is 0 Å². The van der Waals surface area contributed by atoms with Crippen molar-refractivity contribution in [1.82, 2.24) is 5.32 Å². The lowest BCUT2D eigenvalue weighted by atomic mass is 9.72. The van der Waals surface area contributed by atoms with Gasteiger partial charge in [-0.3, -0.25) is 0 Å². The van der Waals surface area contributed by atoms with Gasteiger partial charge in [0.2, 0.25) is 0 Å². The Morgan fingerprint density at radius 2 is 1.48 bits per heavy atom. The van der Waals surface area contributed by atoms with Crippen molar-refractivity contribution in [2.24, 2.45) is 22.5 Å². The SMILES string of the molecule is CC(C)CC1(CNCCC2(CN)CCCCC2)CCCC1. The predicted molar refractivity (Wildman–Crippen MR) is 92.4 cm³/mol. The molecule has 2 aliphatic rings. The van der Waals surface area contributed by atoms with E-state index in [-0.39, 0.29) is 0 Å². The van der Waals surface area contributed by atoms with Crippen molar-refractivity contribution >= 4 is 0 Å². The van der Waals surface area contributed by atoms with Gasteiger partial charge in [-0.15, -0.1) is 0 Å². The molecule has 0 spiro atoms. The smallest absolute Gasteiger partial charge is 0.000791 e. The highest BCUT2D eigenvalue weighted by molar-refractivity contribution is 4.89. The van der Waals surface area contributed by atoms with Crippen LogP contribution in [0.4, 0.5) is 0 Å². The topological polar surface area (TPSA) is 38.0 Å². The first-order chi connectivity index (χ1) is 10.1. The van der Waals surface area contributed by atoms with Gasteiger partial charge in [0.1, 0.15) is 0 Å². The standard InChI is InChI=1S/C19H38N2/c1-17(2)14-19(10-6-7-11-19)16-21-13-12-18(15-20)8-4-3-5-9-18/h17,21H,3-16,20H2,1-2H3. The molecule has 0 aromatic heterocycles. The number of hydrogen-bond donors (Lipinski definition) is 2. The van der Waals surface area contributed by atoms with Gasteiger partial charge in [0.05, 0.1) is 0 Å². The fourth-order valence-corrected chi connectivity index (χ4v) is 5.01. The number of nitrogens with one attached hydrogen (secondary N) is 1. The largest absolute Gasteiger partial charge is 0.330 e. The molecule has 2 nitrogen and oxygen atoms in total. The maximum absolute atomic E-state index is 6.11. The van der Waals surface area contributed by atoms with E-state index in [0.717, 1.165) is 12.5 Å². The van der Waals surface area contributed by atoms with Crippen molar-refractivity contribution < 1.29 is 0 Å². The van der Waals surface area contributed by atoms with Crippen LogP contribution in [0.2, 0.25) is 0 Å². The van der Waals surface area contributed by atoms with E-state index in [0.29, 0.717) is 10.8 Å². The van der Waals surface area contributed by atoms with Crippen LogP contribution < -0.4 is 11.1 Å². The highest BCUT2D eigenvalue weighted by atomic mass is 14.9. The molecule has 0 atom stereocenters. The summed E-state index contributed by atoms with van der Waals surface area (Å²) in [4.78, 5) is 0. The lowest BCUT2D eigenvalue weighted by Crippen LogP contribution is -2.39. The molecule has 2 rings (SSSR count). The van der Waals surface area contributed by atoms with Gasteiger partial charge in [-0.2, -0.15) is 0 Å². The summed E-state index contributed by atoms with van der Waals surface area (Å²) in [5.41, 5.74) is 7.18. The quantitative estimate of drug-likeness (QED) is 0.648. The first kappa shape index (κ1) is 17.3. The van der Waals surface area contributed by atoms with Crippen LogP contribution in [0.5, 0.6) is 0 Å². The molecule has 2 aliphatic carbocycles. The summed E-state index contributed by atoms with van der Waals surface area (Å²) in [7, 11) is 0. The van der Waals surface area contributed by atoms with Crippen LogP contribution in [0.3, 0.4) is 0 Å². The first-order valence-corrected chi connectivity index (χ1v) is 9.51. The van der Waals surface area contributed by atoms with Gasteiger partial charge in [-0.25, -0.2) is 0 Å². The third kappa shape index (κ3) is 4.96. The molecule has 124 valence electrons. The Bertz CT molecular complexity index is 286. The fourth-order valence-electron chi connectivity index (χ4n) is 5.01. The zero-order valence-corrected chi connectivity index (χ0v) is 14.6. The van der Waals surface area contributed by atoms with E-state index in [1.54, 1.807) is 0 Å². The lowest BCUT2D eigenvalue weighted by molar-refractivity contribution is 0.172. The second-order valence-corrected chi connectivity index (χ2v) is 8.50. The first-order valence-electron chi connectivity index (χ1n) is 9.51. The minimum atomic E-state index is 0.464. The number of nitrogens with two attached hydrogens (primary N) is 1. The van der Waals surface area contributed by atoms with Crippen molar-refractivity contribution in [2.45, 2.75) is 84.5 Å². The number of hydrogen-bond acceptors (Lipinski definition) is 2. The highest BCUT2D eigenvalue weighted by Crippen LogP contribution is 2.43. The molecular formula is C19H38N2. The summed E-state index contributed by atoms with van der Waals surface area (Å²) in [6, 6.07) is 0. The fraction of sp³-hybridized carbons (Fsp3) is 1.00. The van der Waals surface area contributed by atoms with Gasteiger partial charge in [0, 0.05) is 6.54 Å². The van der Waals surface area contributed by atoms with Crippen molar-refractivity contribution in [1.29, 1.82) is 0 Å². The van der Waals surface area contributed by atoms with Crippen LogP contribution >= 0.6 is 0 Å². The molecule has 0 unspecified atom stereocenters. The molecule has 0 aromatic carbocycles. The van der Waals surface area contributed by atoms with Crippen molar-refractivity contribution in [2.75, 3.05) is 19.6 Å². The van der Waals surface area contributed by atoms with Crippen LogP contribution in [-0.2, 0) is 0 Å². The summed E-state index contributed by atoms with van der Waals surface area (Å²) in [5, 5.41) is 3.82. The Labute approximate surface area is 132 Å². The van der Waals surface area contributed by atoms with E-state index in [1.807, 2.05) is 0 Å². The molecule has 0 amide bonds. The van der Waals surface area contributed by atoms with Crippen molar-refractivity contribution in [3.63, 3.8) is 0 Å². The van der Waals surface area contributed by atoms with Crippen LogP contribution in [0, 0.1) is 16.7 Å². The Hall–Kier alpha value is -0.0800. The molecular weight excluding hydrogens is 256 g/mol. The Kier molecular flexibility index (Phi) is 6.55. The van der Waals surface area contributed by atoms with Crippen LogP contribution in [0.1, 0.15) is 84.5 Å². The van der Waals surface area contributed by atoms with Gasteiger partial charge < -0.3 is 11.1 Å². The van der Waals surface area contributed by atoms with Crippen molar-refractivity contribution in [3.8, 4) is 0 Å². The van der Waals surface area contributed by atoms with Crippen LogP contribution in [-0.4, -0.2) is 19.6 Å². The second-order valence-electron chi connectivity index (χ2n) is 8.50.